The lowest BCUT2D eigenvalue weighted by Crippen LogP contribution is -2.33. The van der Waals surface area contributed by atoms with E-state index in [4.69, 9.17) is 0 Å². The minimum Gasteiger partial charge on any atom is -0.393 e. The zero-order valence-electron chi connectivity index (χ0n) is 10.8. The van der Waals surface area contributed by atoms with Gasteiger partial charge >= 0.3 is 0 Å². The van der Waals surface area contributed by atoms with Crippen molar-refractivity contribution in [2.45, 2.75) is 25.9 Å². The van der Waals surface area contributed by atoms with Crippen LogP contribution >= 0.6 is 0 Å². The molecule has 1 saturated carbocycles. The van der Waals surface area contributed by atoms with E-state index in [9.17, 15) is 5.11 Å². The predicted octanol–water partition coefficient (Wildman–Crippen LogP) is 0.968. The SMILES string of the molecule is CCNc1nc(NCC2CC(O)C2)c2cn[nH]c2n1. The van der Waals surface area contributed by atoms with Gasteiger partial charge in [0.1, 0.15) is 5.82 Å². The molecule has 1 fully saturated rings. The quantitative estimate of drug-likeness (QED) is 0.641. The summed E-state index contributed by atoms with van der Waals surface area (Å²) < 4.78 is 0. The number of fused-ring (bicyclic) bond motifs is 1. The molecule has 102 valence electrons. The molecule has 0 saturated heterocycles. The Kier molecular flexibility index (Phi) is 3.20. The van der Waals surface area contributed by atoms with Crippen molar-refractivity contribution in [3.05, 3.63) is 6.20 Å². The van der Waals surface area contributed by atoms with Crippen LogP contribution in [0.15, 0.2) is 6.20 Å². The molecule has 2 heterocycles. The Hall–Kier alpha value is -1.89. The highest BCUT2D eigenvalue weighted by Gasteiger charge is 2.27. The molecule has 0 spiro atoms. The molecule has 2 aromatic heterocycles. The highest BCUT2D eigenvalue weighted by atomic mass is 16.3. The lowest BCUT2D eigenvalue weighted by Gasteiger charge is -2.31. The van der Waals surface area contributed by atoms with E-state index in [1.54, 1.807) is 6.20 Å². The number of hydrogen-bond acceptors (Lipinski definition) is 6. The Morgan fingerprint density at radius 3 is 2.95 bits per heavy atom. The van der Waals surface area contributed by atoms with Crippen LogP contribution in [0, 0.1) is 5.92 Å². The van der Waals surface area contributed by atoms with E-state index >= 15 is 0 Å². The van der Waals surface area contributed by atoms with Gasteiger partial charge in [0.15, 0.2) is 5.65 Å². The number of aromatic amines is 1. The maximum absolute atomic E-state index is 9.29. The third-order valence-electron chi connectivity index (χ3n) is 3.41. The van der Waals surface area contributed by atoms with E-state index < -0.39 is 0 Å². The average molecular weight is 262 g/mol. The summed E-state index contributed by atoms with van der Waals surface area (Å²) in [6.45, 7) is 3.59. The first kappa shape index (κ1) is 12.2. The van der Waals surface area contributed by atoms with Gasteiger partial charge < -0.3 is 15.7 Å². The second-order valence-electron chi connectivity index (χ2n) is 4.93. The van der Waals surface area contributed by atoms with E-state index in [0.717, 1.165) is 42.8 Å². The summed E-state index contributed by atoms with van der Waals surface area (Å²) in [6, 6.07) is 0. The van der Waals surface area contributed by atoms with E-state index in [0.29, 0.717) is 11.9 Å². The van der Waals surface area contributed by atoms with Gasteiger partial charge in [0.25, 0.3) is 0 Å². The first-order valence-corrected chi connectivity index (χ1v) is 6.63. The van der Waals surface area contributed by atoms with Gasteiger partial charge in [0.2, 0.25) is 5.95 Å². The number of nitrogens with one attached hydrogen (secondary N) is 3. The molecule has 0 aromatic carbocycles. The number of H-pyrrole nitrogens is 1. The Bertz CT molecular complexity index is 562. The van der Waals surface area contributed by atoms with Gasteiger partial charge in [-0.2, -0.15) is 15.1 Å². The van der Waals surface area contributed by atoms with Gasteiger partial charge in [0, 0.05) is 13.1 Å². The van der Waals surface area contributed by atoms with E-state index in [1.165, 1.54) is 0 Å². The van der Waals surface area contributed by atoms with Gasteiger partial charge in [0.05, 0.1) is 17.7 Å². The number of hydrogen-bond donors (Lipinski definition) is 4. The molecular weight excluding hydrogens is 244 g/mol. The third kappa shape index (κ3) is 2.46. The van der Waals surface area contributed by atoms with Crippen LogP contribution in [0.1, 0.15) is 19.8 Å². The van der Waals surface area contributed by atoms with Crippen molar-refractivity contribution in [1.82, 2.24) is 20.2 Å². The van der Waals surface area contributed by atoms with Crippen molar-refractivity contribution >= 4 is 22.8 Å². The number of rotatable bonds is 5. The smallest absolute Gasteiger partial charge is 0.226 e. The lowest BCUT2D eigenvalue weighted by atomic mass is 9.82. The first-order valence-electron chi connectivity index (χ1n) is 6.63. The van der Waals surface area contributed by atoms with Crippen molar-refractivity contribution in [2.24, 2.45) is 5.92 Å². The molecule has 0 bridgehead atoms. The maximum Gasteiger partial charge on any atom is 0.226 e. The molecule has 4 N–H and O–H groups in total. The Morgan fingerprint density at radius 2 is 2.21 bits per heavy atom. The van der Waals surface area contributed by atoms with Crippen molar-refractivity contribution in [1.29, 1.82) is 0 Å². The summed E-state index contributed by atoms with van der Waals surface area (Å²) in [4.78, 5) is 8.80. The fourth-order valence-corrected chi connectivity index (χ4v) is 2.31. The second-order valence-corrected chi connectivity index (χ2v) is 4.93. The predicted molar refractivity (Wildman–Crippen MR) is 73.1 cm³/mol. The molecule has 1 aliphatic carbocycles. The van der Waals surface area contributed by atoms with E-state index in [2.05, 4.69) is 30.8 Å². The summed E-state index contributed by atoms with van der Waals surface area (Å²) in [7, 11) is 0. The van der Waals surface area contributed by atoms with Crippen LogP contribution in [0.4, 0.5) is 11.8 Å². The second kappa shape index (κ2) is 5.00. The third-order valence-corrected chi connectivity index (χ3v) is 3.41. The van der Waals surface area contributed by atoms with Crippen LogP contribution in [0.25, 0.3) is 11.0 Å². The van der Waals surface area contributed by atoms with Crippen LogP contribution in [0.5, 0.6) is 0 Å². The van der Waals surface area contributed by atoms with Crippen molar-refractivity contribution in [3.63, 3.8) is 0 Å². The molecule has 0 aliphatic heterocycles. The summed E-state index contributed by atoms with van der Waals surface area (Å²) in [5.41, 5.74) is 0.724. The molecule has 7 heteroatoms. The number of nitrogens with zero attached hydrogens (tertiary/aromatic N) is 3. The number of aromatic nitrogens is 4. The minimum atomic E-state index is -0.122. The molecule has 1 aliphatic rings. The monoisotopic (exact) mass is 262 g/mol. The molecule has 3 rings (SSSR count). The fraction of sp³-hybridized carbons (Fsp3) is 0.583. The number of anilines is 2. The summed E-state index contributed by atoms with van der Waals surface area (Å²) in [5.74, 6) is 1.90. The topological polar surface area (TPSA) is 98.8 Å². The zero-order chi connectivity index (χ0) is 13.2. The van der Waals surface area contributed by atoms with E-state index in [-0.39, 0.29) is 6.10 Å². The maximum atomic E-state index is 9.29. The largest absolute Gasteiger partial charge is 0.393 e. The highest BCUT2D eigenvalue weighted by molar-refractivity contribution is 5.86. The molecule has 2 aromatic rings. The fourth-order valence-electron chi connectivity index (χ4n) is 2.31. The number of aliphatic hydroxyl groups excluding tert-OH is 1. The Labute approximate surface area is 110 Å². The molecule has 19 heavy (non-hydrogen) atoms. The van der Waals surface area contributed by atoms with Gasteiger partial charge in [-0.1, -0.05) is 0 Å². The van der Waals surface area contributed by atoms with Gasteiger partial charge in [-0.15, -0.1) is 0 Å². The molecule has 0 atom stereocenters. The van der Waals surface area contributed by atoms with Gasteiger partial charge in [-0.05, 0) is 25.7 Å². The van der Waals surface area contributed by atoms with Crippen LogP contribution in [-0.4, -0.2) is 44.5 Å². The molecule has 0 amide bonds. The standard InChI is InChI=1S/C12H18N6O/c1-2-13-12-16-10(9-6-15-18-11(9)17-12)14-5-7-3-8(19)4-7/h6-8,19H,2-5H2,1H3,(H3,13,14,15,16,17,18). The lowest BCUT2D eigenvalue weighted by molar-refractivity contribution is 0.0486. The van der Waals surface area contributed by atoms with Crippen LogP contribution in [0.2, 0.25) is 0 Å². The zero-order valence-corrected chi connectivity index (χ0v) is 10.8. The Balaban J connectivity index is 1.77. The van der Waals surface area contributed by atoms with Crippen molar-refractivity contribution < 1.29 is 5.11 Å². The van der Waals surface area contributed by atoms with Crippen LogP contribution in [-0.2, 0) is 0 Å². The average Bonchev–Trinajstić information content (AvgIpc) is 2.81. The Morgan fingerprint density at radius 1 is 1.37 bits per heavy atom. The minimum absolute atomic E-state index is 0.122. The van der Waals surface area contributed by atoms with Crippen LogP contribution in [0.3, 0.4) is 0 Å². The van der Waals surface area contributed by atoms with Crippen molar-refractivity contribution in [3.8, 4) is 0 Å². The normalized spacial score (nSPS) is 22.2. The first-order chi connectivity index (χ1) is 9.26. The van der Waals surface area contributed by atoms with Crippen molar-refractivity contribution in [2.75, 3.05) is 23.7 Å². The summed E-state index contributed by atoms with van der Waals surface area (Å²) in [5, 5.41) is 23.5. The van der Waals surface area contributed by atoms with Gasteiger partial charge in [-0.3, -0.25) is 5.10 Å². The molecule has 0 unspecified atom stereocenters. The summed E-state index contributed by atoms with van der Waals surface area (Å²) in [6.07, 6.45) is 3.34. The van der Waals surface area contributed by atoms with E-state index in [1.807, 2.05) is 6.92 Å². The summed E-state index contributed by atoms with van der Waals surface area (Å²) >= 11 is 0. The van der Waals surface area contributed by atoms with Gasteiger partial charge in [-0.25, -0.2) is 0 Å². The molecule has 0 radical (unpaired) electrons. The molecule has 7 nitrogen and oxygen atoms in total. The number of aliphatic hydroxyl groups is 1. The van der Waals surface area contributed by atoms with Crippen LogP contribution < -0.4 is 10.6 Å². The molecular formula is C12H18N6O. The highest BCUT2D eigenvalue weighted by Crippen LogP contribution is 2.28.